The Morgan fingerprint density at radius 3 is 1.86 bits per heavy atom. The molecule has 3 rings (SSSR count). The van der Waals surface area contributed by atoms with Gasteiger partial charge < -0.3 is 15.4 Å². The van der Waals surface area contributed by atoms with Gasteiger partial charge >= 0.3 is 0 Å². The summed E-state index contributed by atoms with van der Waals surface area (Å²) in [5.74, 6) is 0.173. The largest absolute Gasteiger partial charge is 0.497 e. The quantitative estimate of drug-likeness (QED) is 0.673. The second-order valence-corrected chi connectivity index (χ2v) is 6.48. The van der Waals surface area contributed by atoms with Crippen molar-refractivity contribution in [3.05, 3.63) is 89.0 Å². The van der Waals surface area contributed by atoms with Gasteiger partial charge in [0, 0.05) is 22.5 Å². The van der Waals surface area contributed by atoms with E-state index < -0.39 is 0 Å². The van der Waals surface area contributed by atoms with Crippen LogP contribution in [-0.4, -0.2) is 18.9 Å². The van der Waals surface area contributed by atoms with Crippen LogP contribution in [0.2, 0.25) is 0 Å². The molecule has 5 nitrogen and oxygen atoms in total. The highest BCUT2D eigenvalue weighted by Crippen LogP contribution is 2.21. The van der Waals surface area contributed by atoms with Crippen molar-refractivity contribution in [3.63, 3.8) is 0 Å². The van der Waals surface area contributed by atoms with Crippen LogP contribution in [0.4, 0.5) is 11.4 Å². The van der Waals surface area contributed by atoms with Gasteiger partial charge in [0.25, 0.3) is 11.8 Å². The second-order valence-electron chi connectivity index (χ2n) is 6.48. The number of methoxy groups -OCH3 is 1. The summed E-state index contributed by atoms with van der Waals surface area (Å²) in [4.78, 5) is 25.2. The van der Waals surface area contributed by atoms with Gasteiger partial charge in [-0.2, -0.15) is 0 Å². The van der Waals surface area contributed by atoms with Crippen molar-refractivity contribution in [1.82, 2.24) is 0 Å². The highest BCUT2D eigenvalue weighted by Gasteiger charge is 2.13. The molecule has 0 aliphatic carbocycles. The molecular formula is C23H22N2O3. The molecule has 0 fully saturated rings. The Kier molecular flexibility index (Phi) is 5.75. The van der Waals surface area contributed by atoms with Gasteiger partial charge in [0.2, 0.25) is 0 Å². The number of carbonyl (C=O) groups excluding carboxylic acids is 2. The van der Waals surface area contributed by atoms with Gasteiger partial charge in [-0.15, -0.1) is 0 Å². The zero-order chi connectivity index (χ0) is 20.1. The molecule has 0 saturated carbocycles. The van der Waals surface area contributed by atoms with Crippen molar-refractivity contribution in [2.45, 2.75) is 13.8 Å². The van der Waals surface area contributed by atoms with Gasteiger partial charge in [0.15, 0.2) is 0 Å². The lowest BCUT2D eigenvalue weighted by Gasteiger charge is -2.12. The van der Waals surface area contributed by atoms with Crippen molar-refractivity contribution in [3.8, 4) is 5.75 Å². The number of nitrogens with one attached hydrogen (secondary N) is 2. The van der Waals surface area contributed by atoms with Gasteiger partial charge in [-0.05, 0) is 67.4 Å². The van der Waals surface area contributed by atoms with Crippen molar-refractivity contribution >= 4 is 23.2 Å². The van der Waals surface area contributed by atoms with E-state index >= 15 is 0 Å². The predicted octanol–water partition coefficient (Wildman–Crippen LogP) is 4.82. The maximum absolute atomic E-state index is 12.7. The number of carbonyl (C=O) groups is 2. The minimum atomic E-state index is -0.285. The zero-order valence-corrected chi connectivity index (χ0v) is 16.1. The number of amides is 2. The number of aryl methyl sites for hydroxylation is 2. The third-order valence-corrected chi connectivity index (χ3v) is 4.45. The lowest BCUT2D eigenvalue weighted by atomic mass is 10.1. The minimum absolute atomic E-state index is 0.253. The van der Waals surface area contributed by atoms with Crippen LogP contribution < -0.4 is 15.4 Å². The summed E-state index contributed by atoms with van der Waals surface area (Å²) in [6.07, 6.45) is 0. The molecule has 2 amide bonds. The van der Waals surface area contributed by atoms with Gasteiger partial charge in [0.1, 0.15) is 5.75 Å². The number of para-hydroxylation sites is 1. The third kappa shape index (κ3) is 4.38. The molecule has 0 atom stereocenters. The molecule has 0 spiro atoms. The molecule has 142 valence electrons. The number of hydrogen-bond donors (Lipinski definition) is 2. The highest BCUT2D eigenvalue weighted by molar-refractivity contribution is 6.09. The lowest BCUT2D eigenvalue weighted by Crippen LogP contribution is -2.16. The summed E-state index contributed by atoms with van der Waals surface area (Å²) < 4.78 is 5.11. The summed E-state index contributed by atoms with van der Waals surface area (Å²) in [6.45, 7) is 3.89. The van der Waals surface area contributed by atoms with Gasteiger partial charge in [-0.1, -0.05) is 24.3 Å². The lowest BCUT2D eigenvalue weighted by molar-refractivity contribution is 0.102. The standard InChI is InChI=1S/C23H22N2O3/c1-15-6-4-7-16(2)21(15)25-23(27)18-9-5-8-17(14-18)22(26)24-19-10-12-20(28-3)13-11-19/h4-14H,1-3H3,(H,24,26)(H,25,27). The van der Waals surface area contributed by atoms with Crippen LogP contribution in [0, 0.1) is 13.8 Å². The first-order valence-corrected chi connectivity index (χ1v) is 8.91. The molecule has 0 unspecified atom stereocenters. The Balaban J connectivity index is 1.75. The number of rotatable bonds is 5. The number of anilines is 2. The molecule has 0 bridgehead atoms. The molecule has 3 aromatic rings. The summed E-state index contributed by atoms with van der Waals surface area (Å²) in [5, 5.41) is 5.76. The van der Waals surface area contributed by atoms with Crippen LogP contribution in [0.3, 0.4) is 0 Å². The van der Waals surface area contributed by atoms with Crippen LogP contribution in [0.15, 0.2) is 66.7 Å². The van der Waals surface area contributed by atoms with E-state index in [2.05, 4.69) is 10.6 Å². The fraction of sp³-hybridized carbons (Fsp3) is 0.130. The van der Waals surface area contributed by atoms with Crippen molar-refractivity contribution in [2.75, 3.05) is 17.7 Å². The predicted molar refractivity (Wildman–Crippen MR) is 111 cm³/mol. The monoisotopic (exact) mass is 374 g/mol. The van der Waals surface area contributed by atoms with Crippen molar-refractivity contribution in [2.24, 2.45) is 0 Å². The van der Waals surface area contributed by atoms with E-state index in [1.165, 1.54) is 0 Å². The van der Waals surface area contributed by atoms with E-state index in [1.807, 2.05) is 32.0 Å². The first-order valence-electron chi connectivity index (χ1n) is 8.91. The Labute approximate surface area is 164 Å². The Bertz CT molecular complexity index is 990. The zero-order valence-electron chi connectivity index (χ0n) is 16.1. The van der Waals surface area contributed by atoms with Gasteiger partial charge in [0.05, 0.1) is 7.11 Å². The van der Waals surface area contributed by atoms with E-state index in [0.717, 1.165) is 16.8 Å². The Hall–Kier alpha value is -3.60. The minimum Gasteiger partial charge on any atom is -0.497 e. The van der Waals surface area contributed by atoms with Crippen molar-refractivity contribution in [1.29, 1.82) is 0 Å². The number of benzene rings is 3. The van der Waals surface area contributed by atoms with Crippen LogP contribution in [0.25, 0.3) is 0 Å². The van der Waals surface area contributed by atoms with E-state index in [4.69, 9.17) is 4.74 Å². The molecule has 0 radical (unpaired) electrons. The van der Waals surface area contributed by atoms with Crippen LogP contribution >= 0.6 is 0 Å². The molecule has 3 aromatic carbocycles. The SMILES string of the molecule is COc1ccc(NC(=O)c2cccc(C(=O)Nc3c(C)cccc3C)c2)cc1. The molecular weight excluding hydrogens is 352 g/mol. The fourth-order valence-electron chi connectivity index (χ4n) is 2.88. The number of hydrogen-bond acceptors (Lipinski definition) is 3. The fourth-order valence-corrected chi connectivity index (χ4v) is 2.88. The molecule has 28 heavy (non-hydrogen) atoms. The summed E-state index contributed by atoms with van der Waals surface area (Å²) >= 11 is 0. The first-order chi connectivity index (χ1) is 13.5. The van der Waals surface area contributed by atoms with Gasteiger partial charge in [-0.3, -0.25) is 9.59 Å². The molecule has 0 aromatic heterocycles. The topological polar surface area (TPSA) is 67.4 Å². The average Bonchev–Trinajstić information content (AvgIpc) is 2.71. The number of ether oxygens (including phenoxy) is 1. The highest BCUT2D eigenvalue weighted by atomic mass is 16.5. The van der Waals surface area contributed by atoms with E-state index in [-0.39, 0.29) is 11.8 Å². The molecule has 0 saturated heterocycles. The van der Waals surface area contributed by atoms with E-state index in [1.54, 1.807) is 55.6 Å². The molecule has 0 aliphatic heterocycles. The molecule has 5 heteroatoms. The second kappa shape index (κ2) is 8.39. The average molecular weight is 374 g/mol. The molecule has 0 heterocycles. The Morgan fingerprint density at radius 1 is 0.750 bits per heavy atom. The van der Waals surface area contributed by atoms with Gasteiger partial charge in [-0.25, -0.2) is 0 Å². The first kappa shape index (κ1) is 19.2. The Morgan fingerprint density at radius 2 is 1.29 bits per heavy atom. The summed E-state index contributed by atoms with van der Waals surface area (Å²) in [6, 6.07) is 19.5. The smallest absolute Gasteiger partial charge is 0.255 e. The summed E-state index contributed by atoms with van der Waals surface area (Å²) in [5.41, 5.74) is 4.25. The third-order valence-electron chi connectivity index (χ3n) is 4.45. The molecule has 2 N–H and O–H groups in total. The normalized spacial score (nSPS) is 10.2. The van der Waals surface area contributed by atoms with Crippen LogP contribution in [-0.2, 0) is 0 Å². The van der Waals surface area contributed by atoms with Crippen LogP contribution in [0.5, 0.6) is 5.75 Å². The maximum atomic E-state index is 12.7. The van der Waals surface area contributed by atoms with E-state index in [0.29, 0.717) is 22.6 Å². The summed E-state index contributed by atoms with van der Waals surface area (Å²) in [7, 11) is 1.59. The van der Waals surface area contributed by atoms with Crippen molar-refractivity contribution < 1.29 is 14.3 Å². The molecule has 0 aliphatic rings. The maximum Gasteiger partial charge on any atom is 0.255 e. The van der Waals surface area contributed by atoms with Crippen LogP contribution in [0.1, 0.15) is 31.8 Å². The van der Waals surface area contributed by atoms with E-state index in [9.17, 15) is 9.59 Å².